The van der Waals surface area contributed by atoms with E-state index in [1.165, 1.54) is 0 Å². The van der Waals surface area contributed by atoms with E-state index in [1.54, 1.807) is 48.5 Å². The van der Waals surface area contributed by atoms with Gasteiger partial charge in [0.05, 0.1) is 5.56 Å². The van der Waals surface area contributed by atoms with Crippen LogP contribution in [-0.4, -0.2) is 22.7 Å². The number of aliphatic imine (C=N–C) groups is 1. The zero-order chi connectivity index (χ0) is 15.4. The molecule has 106 valence electrons. The highest BCUT2D eigenvalue weighted by Gasteiger charge is 2.17. The van der Waals surface area contributed by atoms with Gasteiger partial charge in [-0.05, 0) is 30.3 Å². The predicted octanol–water partition coefficient (Wildman–Crippen LogP) is 1.70. The SMILES string of the molecule is N=C1N=C(N)c2ccc(N)cc21.O=C(O)c1ccccc1. The average molecular weight is 282 g/mol. The summed E-state index contributed by atoms with van der Waals surface area (Å²) >= 11 is 0. The molecule has 3 rings (SSSR count). The van der Waals surface area contributed by atoms with Gasteiger partial charge in [-0.3, -0.25) is 5.41 Å². The fourth-order valence-electron chi connectivity index (χ4n) is 1.80. The van der Waals surface area contributed by atoms with E-state index in [1.807, 2.05) is 0 Å². The topological polar surface area (TPSA) is 126 Å². The van der Waals surface area contributed by atoms with Crippen molar-refractivity contribution in [3.8, 4) is 0 Å². The highest BCUT2D eigenvalue weighted by Crippen LogP contribution is 2.19. The van der Waals surface area contributed by atoms with Crippen molar-refractivity contribution < 1.29 is 9.90 Å². The van der Waals surface area contributed by atoms with E-state index >= 15 is 0 Å². The lowest BCUT2D eigenvalue weighted by molar-refractivity contribution is 0.0697. The van der Waals surface area contributed by atoms with Crippen molar-refractivity contribution in [1.82, 2.24) is 0 Å². The molecule has 0 aliphatic carbocycles. The summed E-state index contributed by atoms with van der Waals surface area (Å²) in [6, 6.07) is 13.5. The fraction of sp³-hybridized carbons (Fsp3) is 0. The molecule has 1 aliphatic heterocycles. The van der Waals surface area contributed by atoms with Crippen LogP contribution in [0.3, 0.4) is 0 Å². The zero-order valence-corrected chi connectivity index (χ0v) is 11.1. The summed E-state index contributed by atoms with van der Waals surface area (Å²) < 4.78 is 0. The molecule has 6 nitrogen and oxygen atoms in total. The maximum Gasteiger partial charge on any atom is 0.335 e. The third-order valence-electron chi connectivity index (χ3n) is 2.83. The predicted molar refractivity (Wildman–Crippen MR) is 81.8 cm³/mol. The molecule has 2 aromatic carbocycles. The van der Waals surface area contributed by atoms with Gasteiger partial charge in [0.1, 0.15) is 5.84 Å². The van der Waals surface area contributed by atoms with Crippen molar-refractivity contribution in [2.75, 3.05) is 5.73 Å². The standard InChI is InChI=1S/C8H8N4.C7H6O2/c9-4-1-2-5-6(3-4)8(11)12-7(5)10;8-7(9)6-4-2-1-3-5-6/h1-3H,9H2,(H3,10,11,12);1-5H,(H,8,9). The van der Waals surface area contributed by atoms with Gasteiger partial charge in [-0.25, -0.2) is 9.79 Å². The highest BCUT2D eigenvalue weighted by atomic mass is 16.4. The number of nitrogens with two attached hydrogens (primary N) is 2. The number of hydrogen-bond acceptors (Lipinski definition) is 4. The number of fused-ring (bicyclic) bond motifs is 1. The molecule has 0 radical (unpaired) electrons. The van der Waals surface area contributed by atoms with Gasteiger partial charge in [-0.2, -0.15) is 0 Å². The lowest BCUT2D eigenvalue weighted by atomic mass is 10.1. The number of nitrogens with zero attached hydrogens (tertiary/aromatic N) is 1. The third kappa shape index (κ3) is 3.24. The third-order valence-corrected chi connectivity index (χ3v) is 2.83. The second-order valence-electron chi connectivity index (χ2n) is 4.32. The van der Waals surface area contributed by atoms with Crippen LogP contribution in [-0.2, 0) is 0 Å². The van der Waals surface area contributed by atoms with Gasteiger partial charge in [0.2, 0.25) is 0 Å². The van der Waals surface area contributed by atoms with Crippen LogP contribution in [0.4, 0.5) is 5.69 Å². The summed E-state index contributed by atoms with van der Waals surface area (Å²) in [5.74, 6) is -0.291. The molecule has 0 fully saturated rings. The summed E-state index contributed by atoms with van der Waals surface area (Å²) in [6.45, 7) is 0. The second kappa shape index (κ2) is 5.87. The van der Waals surface area contributed by atoms with Crippen molar-refractivity contribution in [1.29, 1.82) is 5.41 Å². The Morgan fingerprint density at radius 3 is 2.29 bits per heavy atom. The number of carboxylic acid groups (broad SMARTS) is 1. The first-order valence-corrected chi connectivity index (χ1v) is 6.10. The van der Waals surface area contributed by atoms with E-state index in [4.69, 9.17) is 22.0 Å². The van der Waals surface area contributed by atoms with E-state index in [0.29, 0.717) is 22.6 Å². The zero-order valence-electron chi connectivity index (χ0n) is 11.1. The van der Waals surface area contributed by atoms with Crippen LogP contribution in [0.1, 0.15) is 21.5 Å². The Labute approximate surface area is 121 Å². The van der Waals surface area contributed by atoms with Crippen LogP contribution >= 0.6 is 0 Å². The molecule has 2 aromatic rings. The van der Waals surface area contributed by atoms with Crippen LogP contribution in [0, 0.1) is 5.41 Å². The molecular formula is C15H14N4O2. The molecular weight excluding hydrogens is 268 g/mol. The van der Waals surface area contributed by atoms with Crippen molar-refractivity contribution in [2.45, 2.75) is 0 Å². The lowest BCUT2D eigenvalue weighted by Gasteiger charge is -1.98. The Balaban J connectivity index is 0.000000161. The minimum atomic E-state index is -0.879. The van der Waals surface area contributed by atoms with E-state index < -0.39 is 5.97 Å². The van der Waals surface area contributed by atoms with Crippen LogP contribution < -0.4 is 11.5 Å². The molecule has 6 N–H and O–H groups in total. The molecule has 1 aliphatic rings. The van der Waals surface area contributed by atoms with Gasteiger partial charge >= 0.3 is 5.97 Å². The van der Waals surface area contributed by atoms with Gasteiger partial charge in [0.25, 0.3) is 0 Å². The molecule has 6 heteroatoms. The summed E-state index contributed by atoms with van der Waals surface area (Å²) in [7, 11) is 0. The second-order valence-corrected chi connectivity index (χ2v) is 4.32. The number of amidine groups is 2. The van der Waals surface area contributed by atoms with E-state index in [-0.39, 0.29) is 5.84 Å². The van der Waals surface area contributed by atoms with E-state index in [9.17, 15) is 4.79 Å². The molecule has 1 heterocycles. The monoisotopic (exact) mass is 282 g/mol. The van der Waals surface area contributed by atoms with Gasteiger partial charge in [-0.15, -0.1) is 0 Å². The number of nitrogens with one attached hydrogen (secondary N) is 1. The molecule has 0 bridgehead atoms. The highest BCUT2D eigenvalue weighted by molar-refractivity contribution is 6.21. The average Bonchev–Trinajstić information content (AvgIpc) is 2.75. The lowest BCUT2D eigenvalue weighted by Crippen LogP contribution is -2.10. The smallest absolute Gasteiger partial charge is 0.335 e. The number of nitrogen functional groups attached to an aromatic ring is 1. The van der Waals surface area contributed by atoms with Crippen LogP contribution in [0.25, 0.3) is 0 Å². The normalized spacial score (nSPS) is 12.0. The number of benzene rings is 2. The van der Waals surface area contributed by atoms with Crippen molar-refractivity contribution in [3.05, 3.63) is 65.2 Å². The minimum Gasteiger partial charge on any atom is -0.478 e. The van der Waals surface area contributed by atoms with Crippen molar-refractivity contribution >= 4 is 23.3 Å². The molecule has 0 saturated heterocycles. The summed E-state index contributed by atoms with van der Waals surface area (Å²) in [4.78, 5) is 14.0. The van der Waals surface area contributed by atoms with Crippen molar-refractivity contribution in [2.24, 2.45) is 10.7 Å². The van der Waals surface area contributed by atoms with Gasteiger partial charge < -0.3 is 16.6 Å². The number of rotatable bonds is 1. The van der Waals surface area contributed by atoms with Crippen LogP contribution in [0.15, 0.2) is 53.5 Å². The maximum atomic E-state index is 10.2. The number of anilines is 1. The Bertz CT molecular complexity index is 724. The quantitative estimate of drug-likeness (QED) is 0.594. The number of carboxylic acids is 1. The van der Waals surface area contributed by atoms with E-state index in [2.05, 4.69) is 4.99 Å². The first-order chi connectivity index (χ1) is 9.99. The number of hydrogen-bond donors (Lipinski definition) is 4. The van der Waals surface area contributed by atoms with Crippen LogP contribution in [0.5, 0.6) is 0 Å². The Morgan fingerprint density at radius 1 is 1.05 bits per heavy atom. The van der Waals surface area contributed by atoms with Crippen LogP contribution in [0.2, 0.25) is 0 Å². The summed E-state index contributed by atoms with van der Waals surface area (Å²) in [5, 5.41) is 15.8. The Morgan fingerprint density at radius 2 is 1.71 bits per heavy atom. The molecule has 0 unspecified atom stereocenters. The molecule has 21 heavy (non-hydrogen) atoms. The molecule has 0 spiro atoms. The first kappa shape index (κ1) is 14.3. The molecule has 0 atom stereocenters. The van der Waals surface area contributed by atoms with E-state index in [0.717, 1.165) is 5.56 Å². The fourth-order valence-corrected chi connectivity index (χ4v) is 1.80. The number of carbonyl (C=O) groups is 1. The summed E-state index contributed by atoms with van der Waals surface area (Å²) in [6.07, 6.45) is 0. The Hall–Kier alpha value is -3.15. The molecule has 0 aromatic heterocycles. The molecule has 0 saturated carbocycles. The van der Waals surface area contributed by atoms with Crippen molar-refractivity contribution in [3.63, 3.8) is 0 Å². The number of aromatic carboxylic acids is 1. The van der Waals surface area contributed by atoms with Gasteiger partial charge in [0.15, 0.2) is 5.84 Å². The maximum absolute atomic E-state index is 10.2. The first-order valence-electron chi connectivity index (χ1n) is 6.10. The Kier molecular flexibility index (Phi) is 3.99. The summed E-state index contributed by atoms with van der Waals surface area (Å²) in [5.41, 5.74) is 13.6. The van der Waals surface area contributed by atoms with Gasteiger partial charge in [-0.1, -0.05) is 18.2 Å². The van der Waals surface area contributed by atoms with Gasteiger partial charge in [0, 0.05) is 16.8 Å². The largest absolute Gasteiger partial charge is 0.478 e. The molecule has 0 amide bonds. The minimum absolute atomic E-state index is 0.190.